The highest BCUT2D eigenvalue weighted by Crippen LogP contribution is 2.19. The van der Waals surface area contributed by atoms with Crippen molar-refractivity contribution in [2.75, 3.05) is 0 Å². The Kier molecular flexibility index (Phi) is 3.15. The molecule has 1 aromatic carbocycles. The Morgan fingerprint density at radius 2 is 2.00 bits per heavy atom. The van der Waals surface area contributed by atoms with Crippen molar-refractivity contribution in [2.45, 2.75) is 33.1 Å². The van der Waals surface area contributed by atoms with Gasteiger partial charge in [-0.05, 0) is 30.0 Å². The van der Waals surface area contributed by atoms with Crippen LogP contribution in [0.15, 0.2) is 18.2 Å². The fourth-order valence-electron chi connectivity index (χ4n) is 1.37. The van der Waals surface area contributed by atoms with E-state index in [1.807, 2.05) is 6.07 Å². The van der Waals surface area contributed by atoms with Crippen molar-refractivity contribution in [1.82, 2.24) is 0 Å². The summed E-state index contributed by atoms with van der Waals surface area (Å²) in [5.41, 5.74) is 2.38. The predicted molar refractivity (Wildman–Crippen MR) is 51.5 cm³/mol. The summed E-state index contributed by atoms with van der Waals surface area (Å²) in [6.45, 7) is 4.23. The van der Waals surface area contributed by atoms with Crippen molar-refractivity contribution in [3.8, 4) is 5.75 Å². The fraction of sp³-hybridized carbons (Fsp3) is 0.455. The molecule has 0 aromatic heterocycles. The van der Waals surface area contributed by atoms with Gasteiger partial charge in [0, 0.05) is 0 Å². The zero-order chi connectivity index (χ0) is 8.97. The molecule has 0 saturated carbocycles. The van der Waals surface area contributed by atoms with Crippen molar-refractivity contribution >= 4 is 0 Å². The lowest BCUT2D eigenvalue weighted by molar-refractivity contribution is 0.468. The van der Waals surface area contributed by atoms with Crippen LogP contribution in [0.2, 0.25) is 0 Å². The molecule has 0 aliphatic carbocycles. The van der Waals surface area contributed by atoms with Crippen molar-refractivity contribution in [3.05, 3.63) is 29.3 Å². The molecule has 0 saturated heterocycles. The number of phenolic OH excluding ortho intramolecular Hbond substituents is 1. The van der Waals surface area contributed by atoms with E-state index in [4.69, 9.17) is 0 Å². The van der Waals surface area contributed by atoms with E-state index in [-0.39, 0.29) is 0 Å². The number of aromatic hydroxyl groups is 1. The van der Waals surface area contributed by atoms with Gasteiger partial charge in [-0.3, -0.25) is 0 Å². The third-order valence-corrected chi connectivity index (χ3v) is 2.06. The van der Waals surface area contributed by atoms with Gasteiger partial charge in [0.05, 0.1) is 0 Å². The number of benzene rings is 1. The van der Waals surface area contributed by atoms with Crippen LogP contribution in [-0.4, -0.2) is 5.11 Å². The highest BCUT2D eigenvalue weighted by Gasteiger charge is 1.99. The van der Waals surface area contributed by atoms with Crippen LogP contribution in [0.4, 0.5) is 0 Å². The molecular weight excluding hydrogens is 148 g/mol. The van der Waals surface area contributed by atoms with E-state index in [0.29, 0.717) is 5.75 Å². The first-order valence-electron chi connectivity index (χ1n) is 4.58. The van der Waals surface area contributed by atoms with E-state index in [1.54, 1.807) is 6.07 Å². The normalized spacial score (nSPS) is 10.2. The van der Waals surface area contributed by atoms with E-state index in [0.717, 1.165) is 24.8 Å². The van der Waals surface area contributed by atoms with E-state index in [2.05, 4.69) is 19.9 Å². The molecule has 0 aliphatic heterocycles. The molecule has 1 aromatic rings. The number of hydrogen-bond acceptors (Lipinski definition) is 1. The molecule has 1 heteroatoms. The molecule has 0 atom stereocenters. The molecule has 0 heterocycles. The summed E-state index contributed by atoms with van der Waals surface area (Å²) in [6.07, 6.45) is 3.17. The Hall–Kier alpha value is -0.980. The fourth-order valence-corrected chi connectivity index (χ4v) is 1.37. The quantitative estimate of drug-likeness (QED) is 0.728. The second-order valence-electron chi connectivity index (χ2n) is 3.07. The van der Waals surface area contributed by atoms with Crippen molar-refractivity contribution in [3.63, 3.8) is 0 Å². The molecular formula is C11H16O. The first-order valence-corrected chi connectivity index (χ1v) is 4.58. The second kappa shape index (κ2) is 4.15. The maximum atomic E-state index is 9.40. The zero-order valence-electron chi connectivity index (χ0n) is 7.80. The van der Waals surface area contributed by atoms with Crippen LogP contribution in [0.5, 0.6) is 5.75 Å². The topological polar surface area (TPSA) is 20.2 Å². The van der Waals surface area contributed by atoms with Crippen LogP contribution >= 0.6 is 0 Å². The average Bonchev–Trinajstić information content (AvgIpc) is 2.09. The molecule has 1 nitrogen and oxygen atoms in total. The number of aryl methyl sites for hydroxylation is 2. The highest BCUT2D eigenvalue weighted by atomic mass is 16.3. The predicted octanol–water partition coefficient (Wildman–Crippen LogP) is 2.91. The second-order valence-corrected chi connectivity index (χ2v) is 3.07. The Morgan fingerprint density at radius 3 is 2.58 bits per heavy atom. The molecule has 0 aliphatic rings. The van der Waals surface area contributed by atoms with E-state index in [9.17, 15) is 5.11 Å². The van der Waals surface area contributed by atoms with Gasteiger partial charge in [-0.1, -0.05) is 32.4 Å². The minimum absolute atomic E-state index is 0.428. The molecule has 12 heavy (non-hydrogen) atoms. The smallest absolute Gasteiger partial charge is 0.118 e. The monoisotopic (exact) mass is 164 g/mol. The minimum atomic E-state index is 0.428. The maximum absolute atomic E-state index is 9.40. The van der Waals surface area contributed by atoms with Gasteiger partial charge in [0.15, 0.2) is 0 Å². The lowest BCUT2D eigenvalue weighted by Crippen LogP contribution is -1.87. The molecule has 0 bridgehead atoms. The van der Waals surface area contributed by atoms with Gasteiger partial charge >= 0.3 is 0 Å². The molecule has 66 valence electrons. The Balaban J connectivity index is 2.89. The van der Waals surface area contributed by atoms with Gasteiger partial charge in [-0.15, -0.1) is 0 Å². The van der Waals surface area contributed by atoms with E-state index < -0.39 is 0 Å². The minimum Gasteiger partial charge on any atom is -0.508 e. The SMILES string of the molecule is CCCc1ccc(O)c(CC)c1. The van der Waals surface area contributed by atoms with E-state index in [1.165, 1.54) is 5.56 Å². The molecule has 0 unspecified atom stereocenters. The Bertz CT molecular complexity index is 253. The summed E-state index contributed by atoms with van der Waals surface area (Å²) in [6, 6.07) is 5.89. The summed E-state index contributed by atoms with van der Waals surface area (Å²) in [5.74, 6) is 0.428. The van der Waals surface area contributed by atoms with Crippen molar-refractivity contribution in [1.29, 1.82) is 0 Å². The highest BCUT2D eigenvalue weighted by molar-refractivity contribution is 5.36. The number of phenols is 1. The number of rotatable bonds is 3. The standard InChI is InChI=1S/C11H16O/c1-3-5-9-6-7-11(12)10(4-2)8-9/h6-8,12H,3-5H2,1-2H3. The van der Waals surface area contributed by atoms with Crippen LogP contribution in [0.1, 0.15) is 31.4 Å². The summed E-state index contributed by atoms with van der Waals surface area (Å²) < 4.78 is 0. The van der Waals surface area contributed by atoms with Gasteiger partial charge in [-0.2, -0.15) is 0 Å². The van der Waals surface area contributed by atoms with Crippen molar-refractivity contribution in [2.24, 2.45) is 0 Å². The summed E-state index contributed by atoms with van der Waals surface area (Å²) in [5, 5.41) is 9.40. The average molecular weight is 164 g/mol. The van der Waals surface area contributed by atoms with Crippen LogP contribution in [0.25, 0.3) is 0 Å². The lowest BCUT2D eigenvalue weighted by Gasteiger charge is -2.04. The van der Waals surface area contributed by atoms with Crippen LogP contribution in [0.3, 0.4) is 0 Å². The molecule has 0 radical (unpaired) electrons. The maximum Gasteiger partial charge on any atom is 0.118 e. The summed E-state index contributed by atoms with van der Waals surface area (Å²) >= 11 is 0. The van der Waals surface area contributed by atoms with Gasteiger partial charge in [-0.25, -0.2) is 0 Å². The zero-order valence-corrected chi connectivity index (χ0v) is 7.80. The Morgan fingerprint density at radius 1 is 1.25 bits per heavy atom. The lowest BCUT2D eigenvalue weighted by atomic mass is 10.0. The first-order chi connectivity index (χ1) is 5.77. The Labute approximate surface area is 74.1 Å². The van der Waals surface area contributed by atoms with Crippen LogP contribution in [0, 0.1) is 0 Å². The molecule has 0 spiro atoms. The summed E-state index contributed by atoms with van der Waals surface area (Å²) in [7, 11) is 0. The third kappa shape index (κ3) is 2.00. The van der Waals surface area contributed by atoms with Crippen LogP contribution in [-0.2, 0) is 12.8 Å². The number of hydrogen-bond donors (Lipinski definition) is 1. The third-order valence-electron chi connectivity index (χ3n) is 2.06. The van der Waals surface area contributed by atoms with E-state index >= 15 is 0 Å². The van der Waals surface area contributed by atoms with Gasteiger partial charge in [0.1, 0.15) is 5.75 Å². The van der Waals surface area contributed by atoms with Gasteiger partial charge < -0.3 is 5.11 Å². The first kappa shape index (κ1) is 9.11. The molecule has 0 fully saturated rings. The van der Waals surface area contributed by atoms with Gasteiger partial charge in [0.2, 0.25) is 0 Å². The summed E-state index contributed by atoms with van der Waals surface area (Å²) in [4.78, 5) is 0. The van der Waals surface area contributed by atoms with Crippen LogP contribution < -0.4 is 0 Å². The van der Waals surface area contributed by atoms with Crippen molar-refractivity contribution < 1.29 is 5.11 Å². The molecule has 1 N–H and O–H groups in total. The largest absolute Gasteiger partial charge is 0.508 e. The molecule has 0 amide bonds. The van der Waals surface area contributed by atoms with Gasteiger partial charge in [0.25, 0.3) is 0 Å². The molecule has 1 rings (SSSR count).